The molecule has 1 amide bonds. The summed E-state index contributed by atoms with van der Waals surface area (Å²) in [5.41, 5.74) is 1.61. The number of amides is 1. The summed E-state index contributed by atoms with van der Waals surface area (Å²) in [5.74, 6) is -1.17. The number of carboxylic acid groups (broad SMARTS) is 1. The van der Waals surface area contributed by atoms with Gasteiger partial charge in [0.2, 0.25) is 0 Å². The maximum absolute atomic E-state index is 12.7. The van der Waals surface area contributed by atoms with Crippen molar-refractivity contribution in [3.63, 3.8) is 0 Å². The molecule has 0 saturated carbocycles. The van der Waals surface area contributed by atoms with Crippen LogP contribution >= 0.6 is 0 Å². The number of aromatic carboxylic acids is 1. The maximum Gasteiger partial charge on any atom is 0.354 e. The quantitative estimate of drug-likeness (QED) is 0.942. The number of hydrogen-bond donors (Lipinski definition) is 1. The van der Waals surface area contributed by atoms with E-state index in [1.165, 1.54) is 23.9 Å². The van der Waals surface area contributed by atoms with Crippen LogP contribution in [0.25, 0.3) is 0 Å². The molecule has 0 spiro atoms. The highest BCUT2D eigenvalue weighted by Gasteiger charge is 2.29. The fourth-order valence-electron chi connectivity index (χ4n) is 3.01. The molecule has 2 aromatic rings. The summed E-state index contributed by atoms with van der Waals surface area (Å²) in [6.45, 7) is 0.733. The van der Waals surface area contributed by atoms with Gasteiger partial charge in [0.15, 0.2) is 0 Å². The Morgan fingerprint density at radius 3 is 2.61 bits per heavy atom. The van der Waals surface area contributed by atoms with Crippen LogP contribution in [-0.2, 0) is 6.42 Å². The first-order chi connectivity index (χ1) is 11.1. The van der Waals surface area contributed by atoms with Gasteiger partial charge in [0.25, 0.3) is 5.91 Å². The van der Waals surface area contributed by atoms with Crippen molar-refractivity contribution in [2.75, 3.05) is 6.54 Å². The molecule has 1 saturated heterocycles. The minimum Gasteiger partial charge on any atom is -0.477 e. The molecule has 5 heteroatoms. The van der Waals surface area contributed by atoms with Gasteiger partial charge in [0, 0.05) is 18.8 Å². The Morgan fingerprint density at radius 1 is 1.17 bits per heavy atom. The summed E-state index contributed by atoms with van der Waals surface area (Å²) in [5, 5.41) is 8.87. The molecule has 3 rings (SSSR count). The summed E-state index contributed by atoms with van der Waals surface area (Å²) in [7, 11) is 0. The lowest BCUT2D eigenvalue weighted by Gasteiger charge is -2.25. The zero-order valence-corrected chi connectivity index (χ0v) is 12.7. The molecule has 1 unspecified atom stereocenters. The van der Waals surface area contributed by atoms with Gasteiger partial charge in [-0.3, -0.25) is 4.79 Å². The summed E-state index contributed by atoms with van der Waals surface area (Å²) >= 11 is 0. The third kappa shape index (κ3) is 3.39. The third-order valence-corrected chi connectivity index (χ3v) is 4.18. The monoisotopic (exact) mass is 310 g/mol. The molecule has 1 aromatic carbocycles. The van der Waals surface area contributed by atoms with E-state index in [0.29, 0.717) is 5.56 Å². The van der Waals surface area contributed by atoms with Crippen LogP contribution in [0, 0.1) is 0 Å². The van der Waals surface area contributed by atoms with E-state index in [1.54, 1.807) is 0 Å². The van der Waals surface area contributed by atoms with E-state index in [0.717, 1.165) is 25.8 Å². The van der Waals surface area contributed by atoms with E-state index >= 15 is 0 Å². The predicted molar refractivity (Wildman–Crippen MR) is 85.4 cm³/mol. The number of likely N-dealkylation sites (tertiary alicyclic amines) is 1. The Labute approximate surface area is 134 Å². The van der Waals surface area contributed by atoms with E-state index in [-0.39, 0.29) is 17.6 Å². The van der Waals surface area contributed by atoms with Gasteiger partial charge in [0.1, 0.15) is 5.69 Å². The van der Waals surface area contributed by atoms with Gasteiger partial charge in [-0.15, -0.1) is 0 Å². The van der Waals surface area contributed by atoms with E-state index in [1.807, 2.05) is 23.1 Å². The van der Waals surface area contributed by atoms with Crippen LogP contribution in [-0.4, -0.2) is 39.5 Å². The highest BCUT2D eigenvalue weighted by Crippen LogP contribution is 2.23. The zero-order chi connectivity index (χ0) is 16.2. The fraction of sp³-hybridized carbons (Fsp3) is 0.278. The second kappa shape index (κ2) is 6.60. The molecule has 118 valence electrons. The molecule has 1 aliphatic heterocycles. The standard InChI is InChI=1S/C18H18N2O3/c21-17(14-8-9-16(18(22)23)19-12-14)20-10-4-7-15(20)11-13-5-2-1-3-6-13/h1-3,5-6,8-9,12,15H,4,7,10-11H2,(H,22,23). The van der Waals surface area contributed by atoms with E-state index < -0.39 is 5.97 Å². The smallest absolute Gasteiger partial charge is 0.354 e. The second-order valence-electron chi connectivity index (χ2n) is 5.72. The van der Waals surface area contributed by atoms with Gasteiger partial charge in [-0.1, -0.05) is 30.3 Å². The lowest BCUT2D eigenvalue weighted by Crippen LogP contribution is -2.36. The molecule has 1 N–H and O–H groups in total. The Morgan fingerprint density at radius 2 is 1.96 bits per heavy atom. The van der Waals surface area contributed by atoms with Gasteiger partial charge in [-0.25, -0.2) is 9.78 Å². The molecule has 0 radical (unpaired) electrons. The number of carboxylic acids is 1. The van der Waals surface area contributed by atoms with Crippen molar-refractivity contribution in [2.45, 2.75) is 25.3 Å². The Bertz CT molecular complexity index is 698. The lowest BCUT2D eigenvalue weighted by atomic mass is 10.0. The SMILES string of the molecule is O=C(O)c1ccc(C(=O)N2CCCC2Cc2ccccc2)cn1. The highest BCUT2D eigenvalue weighted by atomic mass is 16.4. The zero-order valence-electron chi connectivity index (χ0n) is 12.7. The predicted octanol–water partition coefficient (Wildman–Crippen LogP) is 2.63. The Balaban J connectivity index is 1.74. The molecule has 0 bridgehead atoms. The molecular weight excluding hydrogens is 292 g/mol. The topological polar surface area (TPSA) is 70.5 Å². The summed E-state index contributed by atoms with van der Waals surface area (Å²) in [4.78, 5) is 29.2. The largest absolute Gasteiger partial charge is 0.477 e. The molecule has 5 nitrogen and oxygen atoms in total. The van der Waals surface area contributed by atoms with Crippen LogP contribution in [0.2, 0.25) is 0 Å². The molecule has 0 aliphatic carbocycles. The van der Waals surface area contributed by atoms with Crippen LogP contribution in [0.15, 0.2) is 48.7 Å². The third-order valence-electron chi connectivity index (χ3n) is 4.18. The average Bonchev–Trinajstić information content (AvgIpc) is 3.03. The number of carbonyl (C=O) groups excluding carboxylic acids is 1. The normalized spacial score (nSPS) is 17.2. The minimum atomic E-state index is -1.09. The molecule has 1 atom stereocenters. The van der Waals surface area contributed by atoms with Crippen LogP contribution in [0.4, 0.5) is 0 Å². The van der Waals surface area contributed by atoms with Gasteiger partial charge >= 0.3 is 5.97 Å². The number of rotatable bonds is 4. The molecule has 1 fully saturated rings. The number of benzene rings is 1. The van der Waals surface area contributed by atoms with Crippen molar-refractivity contribution in [2.24, 2.45) is 0 Å². The highest BCUT2D eigenvalue weighted by molar-refractivity contribution is 5.95. The summed E-state index contributed by atoms with van der Waals surface area (Å²) in [6.07, 6.45) is 4.17. The number of pyridine rings is 1. The minimum absolute atomic E-state index is 0.0520. The molecule has 1 aromatic heterocycles. The Hall–Kier alpha value is -2.69. The Kier molecular flexibility index (Phi) is 4.37. The van der Waals surface area contributed by atoms with E-state index in [4.69, 9.17) is 5.11 Å². The van der Waals surface area contributed by atoms with Gasteiger partial charge in [-0.2, -0.15) is 0 Å². The van der Waals surface area contributed by atoms with Crippen molar-refractivity contribution in [1.29, 1.82) is 0 Å². The maximum atomic E-state index is 12.7. The fourth-order valence-corrected chi connectivity index (χ4v) is 3.01. The lowest BCUT2D eigenvalue weighted by molar-refractivity contribution is 0.0685. The summed E-state index contributed by atoms with van der Waals surface area (Å²) < 4.78 is 0. The molecule has 1 aliphatic rings. The van der Waals surface area contributed by atoms with Crippen LogP contribution < -0.4 is 0 Å². The first-order valence-corrected chi connectivity index (χ1v) is 7.69. The second-order valence-corrected chi connectivity index (χ2v) is 5.72. The number of hydrogen-bond acceptors (Lipinski definition) is 3. The van der Waals surface area contributed by atoms with Crippen molar-refractivity contribution in [3.8, 4) is 0 Å². The molecular formula is C18H18N2O3. The number of carbonyl (C=O) groups is 2. The van der Waals surface area contributed by atoms with Gasteiger partial charge in [-0.05, 0) is 37.0 Å². The number of nitrogens with zero attached hydrogens (tertiary/aromatic N) is 2. The van der Waals surface area contributed by atoms with E-state index in [9.17, 15) is 9.59 Å². The average molecular weight is 310 g/mol. The van der Waals surface area contributed by atoms with Crippen molar-refractivity contribution >= 4 is 11.9 Å². The van der Waals surface area contributed by atoms with Crippen molar-refractivity contribution in [3.05, 3.63) is 65.5 Å². The number of aromatic nitrogens is 1. The first kappa shape index (κ1) is 15.2. The van der Waals surface area contributed by atoms with Gasteiger partial charge in [0.05, 0.1) is 5.56 Å². The molecule has 23 heavy (non-hydrogen) atoms. The van der Waals surface area contributed by atoms with Crippen molar-refractivity contribution in [1.82, 2.24) is 9.88 Å². The van der Waals surface area contributed by atoms with Crippen LogP contribution in [0.3, 0.4) is 0 Å². The van der Waals surface area contributed by atoms with Crippen molar-refractivity contribution < 1.29 is 14.7 Å². The van der Waals surface area contributed by atoms with Gasteiger partial charge < -0.3 is 10.0 Å². The van der Waals surface area contributed by atoms with E-state index in [2.05, 4.69) is 17.1 Å². The summed E-state index contributed by atoms with van der Waals surface area (Å²) in [6, 6.07) is 13.2. The molecule has 2 heterocycles. The van der Waals surface area contributed by atoms with Crippen LogP contribution in [0.5, 0.6) is 0 Å². The first-order valence-electron chi connectivity index (χ1n) is 7.69. The van der Waals surface area contributed by atoms with Crippen LogP contribution in [0.1, 0.15) is 39.3 Å².